The van der Waals surface area contributed by atoms with Gasteiger partial charge in [-0.3, -0.25) is 0 Å². The lowest BCUT2D eigenvalue weighted by atomic mass is 10.0. The fourth-order valence-electron chi connectivity index (χ4n) is 2.82. The summed E-state index contributed by atoms with van der Waals surface area (Å²) in [5.74, 6) is 2.10. The van der Waals surface area contributed by atoms with Gasteiger partial charge in [-0.1, -0.05) is 31.4 Å². The molecule has 0 heterocycles. The zero-order valence-corrected chi connectivity index (χ0v) is 15.6. The van der Waals surface area contributed by atoms with Gasteiger partial charge < -0.3 is 19.3 Å². The normalized spacial score (nSPS) is 11.0. The molecule has 0 atom stereocenters. The van der Waals surface area contributed by atoms with Crippen molar-refractivity contribution in [3.63, 3.8) is 0 Å². The fourth-order valence-corrected chi connectivity index (χ4v) is 2.82. The molecule has 0 aliphatic heterocycles. The molecule has 0 saturated carbocycles. The topological polar surface area (TPSA) is 47.9 Å². The van der Waals surface area contributed by atoms with Crippen LogP contribution in [0.15, 0.2) is 18.2 Å². The van der Waals surface area contributed by atoms with E-state index in [4.69, 9.17) is 19.3 Å². The van der Waals surface area contributed by atoms with Crippen LogP contribution in [-0.4, -0.2) is 33.0 Å². The third-order valence-corrected chi connectivity index (χ3v) is 4.17. The molecule has 0 fully saturated rings. The van der Waals surface area contributed by atoms with E-state index >= 15 is 0 Å². The van der Waals surface area contributed by atoms with Gasteiger partial charge in [0.1, 0.15) is 0 Å². The number of methoxy groups -OCH3 is 3. The third-order valence-electron chi connectivity index (χ3n) is 4.17. The molecular formula is C20H32O4. The van der Waals surface area contributed by atoms with Gasteiger partial charge in [-0.25, -0.2) is 0 Å². The predicted octanol–water partition coefficient (Wildman–Crippen LogP) is 4.45. The minimum absolute atomic E-state index is 0.312. The molecule has 0 bridgehead atoms. The van der Waals surface area contributed by atoms with Gasteiger partial charge in [-0.2, -0.15) is 0 Å². The highest BCUT2D eigenvalue weighted by Crippen LogP contribution is 2.42. The Morgan fingerprint density at radius 2 is 1.54 bits per heavy atom. The highest BCUT2D eigenvalue weighted by molar-refractivity contribution is 5.59. The summed E-state index contributed by atoms with van der Waals surface area (Å²) in [6, 6.07) is 1.99. The summed E-state index contributed by atoms with van der Waals surface area (Å²) in [7, 11) is 4.93. The van der Waals surface area contributed by atoms with Crippen LogP contribution < -0.4 is 14.2 Å². The van der Waals surface area contributed by atoms with E-state index in [1.807, 2.05) is 6.07 Å². The SMILES string of the molecule is COc1cc(C)c(C/C=C/CCCCCCCO)c(OC)c1OC. The molecule has 0 spiro atoms. The van der Waals surface area contributed by atoms with Crippen molar-refractivity contribution in [2.24, 2.45) is 0 Å². The van der Waals surface area contributed by atoms with Crippen LogP contribution in [0.1, 0.15) is 49.7 Å². The van der Waals surface area contributed by atoms with Crippen molar-refractivity contribution in [2.75, 3.05) is 27.9 Å². The number of aryl methyl sites for hydroxylation is 1. The number of hydrogen-bond donors (Lipinski definition) is 1. The minimum atomic E-state index is 0.312. The molecule has 1 aromatic carbocycles. The van der Waals surface area contributed by atoms with Crippen molar-refractivity contribution < 1.29 is 19.3 Å². The van der Waals surface area contributed by atoms with Crippen molar-refractivity contribution >= 4 is 0 Å². The Labute approximate surface area is 146 Å². The summed E-state index contributed by atoms with van der Waals surface area (Å²) in [4.78, 5) is 0. The van der Waals surface area contributed by atoms with Crippen LogP contribution in [0.2, 0.25) is 0 Å². The minimum Gasteiger partial charge on any atom is -0.493 e. The average molecular weight is 336 g/mol. The summed E-state index contributed by atoms with van der Waals surface area (Å²) in [6.45, 7) is 2.38. The van der Waals surface area contributed by atoms with Gasteiger partial charge in [0, 0.05) is 12.2 Å². The second-order valence-electron chi connectivity index (χ2n) is 5.90. The summed E-state index contributed by atoms with van der Waals surface area (Å²) >= 11 is 0. The van der Waals surface area contributed by atoms with Gasteiger partial charge in [-0.15, -0.1) is 0 Å². The first-order valence-electron chi connectivity index (χ1n) is 8.73. The number of allylic oxidation sites excluding steroid dienone is 2. The van der Waals surface area contributed by atoms with E-state index in [9.17, 15) is 0 Å². The lowest BCUT2D eigenvalue weighted by molar-refractivity contribution is 0.282. The standard InChI is InChI=1S/C20H32O4/c1-16-15-18(22-2)20(24-4)19(23-3)17(16)13-11-9-7-5-6-8-10-12-14-21/h9,11,15,21H,5-8,10,12-14H2,1-4H3/b11-9+. The molecule has 0 aliphatic carbocycles. The number of aliphatic hydroxyl groups excluding tert-OH is 1. The maximum absolute atomic E-state index is 8.74. The number of benzene rings is 1. The third kappa shape index (κ3) is 6.08. The second-order valence-corrected chi connectivity index (χ2v) is 5.90. The first kappa shape index (κ1) is 20.4. The number of unbranched alkanes of at least 4 members (excludes halogenated alkanes) is 5. The highest BCUT2D eigenvalue weighted by atomic mass is 16.5. The molecule has 1 N–H and O–H groups in total. The molecular weight excluding hydrogens is 304 g/mol. The Kier molecular flexibility index (Phi) is 10.0. The van der Waals surface area contributed by atoms with Crippen molar-refractivity contribution in [2.45, 2.75) is 51.9 Å². The average Bonchev–Trinajstić information content (AvgIpc) is 2.60. The van der Waals surface area contributed by atoms with Crippen LogP contribution in [0.4, 0.5) is 0 Å². The van der Waals surface area contributed by atoms with Crippen LogP contribution in [0.3, 0.4) is 0 Å². The van der Waals surface area contributed by atoms with E-state index in [0.717, 1.165) is 42.6 Å². The molecule has 4 heteroatoms. The molecule has 0 aromatic heterocycles. The van der Waals surface area contributed by atoms with Gasteiger partial charge in [0.05, 0.1) is 21.3 Å². The highest BCUT2D eigenvalue weighted by Gasteiger charge is 2.17. The van der Waals surface area contributed by atoms with Crippen LogP contribution in [0, 0.1) is 6.92 Å². The second kappa shape index (κ2) is 11.8. The number of ether oxygens (including phenoxy) is 3. The maximum atomic E-state index is 8.74. The Morgan fingerprint density at radius 3 is 2.17 bits per heavy atom. The Balaban J connectivity index is 2.59. The van der Waals surface area contributed by atoms with E-state index in [1.165, 1.54) is 19.3 Å². The zero-order valence-electron chi connectivity index (χ0n) is 15.6. The zero-order chi connectivity index (χ0) is 17.8. The van der Waals surface area contributed by atoms with Gasteiger partial charge in [0.25, 0.3) is 0 Å². The molecule has 24 heavy (non-hydrogen) atoms. The number of aliphatic hydroxyl groups is 1. The number of hydrogen-bond acceptors (Lipinski definition) is 4. The van der Waals surface area contributed by atoms with Gasteiger partial charge in [0.2, 0.25) is 5.75 Å². The van der Waals surface area contributed by atoms with Gasteiger partial charge >= 0.3 is 0 Å². The van der Waals surface area contributed by atoms with E-state index in [1.54, 1.807) is 21.3 Å². The van der Waals surface area contributed by atoms with Gasteiger partial charge in [0.15, 0.2) is 11.5 Å². The summed E-state index contributed by atoms with van der Waals surface area (Å²) in [6.07, 6.45) is 12.0. The number of rotatable bonds is 12. The van der Waals surface area contributed by atoms with Crippen LogP contribution in [0.25, 0.3) is 0 Å². The fraction of sp³-hybridized carbons (Fsp3) is 0.600. The first-order valence-corrected chi connectivity index (χ1v) is 8.73. The predicted molar refractivity (Wildman–Crippen MR) is 98.5 cm³/mol. The lowest BCUT2D eigenvalue weighted by Gasteiger charge is -2.17. The first-order chi connectivity index (χ1) is 11.7. The van der Waals surface area contributed by atoms with Crippen molar-refractivity contribution in [3.8, 4) is 17.2 Å². The van der Waals surface area contributed by atoms with Gasteiger partial charge in [-0.05, 0) is 44.2 Å². The monoisotopic (exact) mass is 336 g/mol. The van der Waals surface area contributed by atoms with Crippen LogP contribution in [0.5, 0.6) is 17.2 Å². The molecule has 0 saturated heterocycles. The van der Waals surface area contributed by atoms with E-state index in [-0.39, 0.29) is 0 Å². The smallest absolute Gasteiger partial charge is 0.203 e. The van der Waals surface area contributed by atoms with Crippen molar-refractivity contribution in [1.29, 1.82) is 0 Å². The summed E-state index contributed by atoms with van der Waals surface area (Å²) < 4.78 is 16.4. The Morgan fingerprint density at radius 1 is 0.875 bits per heavy atom. The molecule has 1 aromatic rings. The van der Waals surface area contributed by atoms with Crippen LogP contribution in [-0.2, 0) is 6.42 Å². The summed E-state index contributed by atoms with van der Waals surface area (Å²) in [5.41, 5.74) is 2.27. The van der Waals surface area contributed by atoms with E-state index in [2.05, 4.69) is 19.1 Å². The Hall–Kier alpha value is -1.68. The lowest BCUT2D eigenvalue weighted by Crippen LogP contribution is -2.01. The van der Waals surface area contributed by atoms with Crippen molar-refractivity contribution in [1.82, 2.24) is 0 Å². The van der Waals surface area contributed by atoms with Crippen molar-refractivity contribution in [3.05, 3.63) is 29.3 Å². The molecule has 0 radical (unpaired) electrons. The molecule has 0 amide bonds. The van der Waals surface area contributed by atoms with Crippen LogP contribution >= 0.6 is 0 Å². The largest absolute Gasteiger partial charge is 0.493 e. The molecule has 1 rings (SSSR count). The maximum Gasteiger partial charge on any atom is 0.203 e. The quantitative estimate of drug-likeness (QED) is 0.452. The molecule has 0 aliphatic rings. The Bertz CT molecular complexity index is 509. The molecule has 0 unspecified atom stereocenters. The van der Waals surface area contributed by atoms with E-state index < -0.39 is 0 Å². The molecule has 136 valence electrons. The summed E-state index contributed by atoms with van der Waals surface area (Å²) in [5, 5.41) is 8.74. The molecule has 4 nitrogen and oxygen atoms in total. The van der Waals surface area contributed by atoms with E-state index in [0.29, 0.717) is 18.1 Å².